The third kappa shape index (κ3) is 3.36. The van der Waals surface area contributed by atoms with Crippen LogP contribution >= 0.6 is 11.6 Å². The van der Waals surface area contributed by atoms with Gasteiger partial charge in [-0.25, -0.2) is 0 Å². The molecule has 9 aromatic carbocycles. The largest absolute Gasteiger partial charge is 0.289 e. The molecule has 9 aromatic rings. The van der Waals surface area contributed by atoms with Crippen molar-refractivity contribution < 1.29 is 4.79 Å². The van der Waals surface area contributed by atoms with E-state index >= 15 is 4.79 Å². The fourth-order valence-corrected chi connectivity index (χ4v) is 12.2. The molecule has 0 saturated carbocycles. The summed E-state index contributed by atoms with van der Waals surface area (Å²) in [4.78, 5) is 15.1. The Bertz CT molecular complexity index is 3510. The maximum Gasteiger partial charge on any atom is 0.194 e. The van der Waals surface area contributed by atoms with Gasteiger partial charge in [-0.2, -0.15) is 0 Å². The van der Waals surface area contributed by atoms with Crippen LogP contribution in [0, 0.1) is 0 Å². The molecular formula is C56H29ClO. The van der Waals surface area contributed by atoms with E-state index in [1.165, 1.54) is 72.0 Å². The Hall–Kier alpha value is -7.06. The molecule has 0 heterocycles. The standard InChI is InChI=1S/C56H29ClO/c57-54-36-24-11-8-21-33(36)48-51(31-18-5-2-6-19-31)56(53(48)54)41-29-14-13-26-38(41)47-46-40-28-15-27-39-42(30-16-3-1-4-17-30)44-34-22-9-12-25-37(34)55(58)50(44)49(43(39)40)45(46)32-20-7-10-23-35(32)52(47)56/h1-29H. The third-order valence-corrected chi connectivity index (χ3v) is 14.1. The van der Waals surface area contributed by atoms with Crippen LogP contribution in [0.4, 0.5) is 0 Å². The molecule has 0 N–H and O–H groups in total. The quantitative estimate of drug-likeness (QED) is 0.172. The van der Waals surface area contributed by atoms with Crippen molar-refractivity contribution in [3.05, 3.63) is 220 Å². The van der Waals surface area contributed by atoms with Crippen LogP contribution in [0.2, 0.25) is 0 Å². The maximum atomic E-state index is 15.1. The van der Waals surface area contributed by atoms with Crippen molar-refractivity contribution in [2.75, 3.05) is 0 Å². The smallest absolute Gasteiger partial charge is 0.194 e. The molecule has 0 amide bonds. The molecule has 1 spiro atoms. The Morgan fingerprint density at radius 1 is 0.362 bits per heavy atom. The lowest BCUT2D eigenvalue weighted by atomic mass is 9.53. The van der Waals surface area contributed by atoms with E-state index in [-0.39, 0.29) is 5.78 Å². The van der Waals surface area contributed by atoms with Gasteiger partial charge in [0, 0.05) is 27.8 Å². The number of fused-ring (bicyclic) bond motifs is 20. The zero-order valence-corrected chi connectivity index (χ0v) is 31.8. The summed E-state index contributed by atoms with van der Waals surface area (Å²) in [6.45, 7) is 0. The van der Waals surface area contributed by atoms with Gasteiger partial charge < -0.3 is 0 Å². The molecule has 14 rings (SSSR count). The van der Waals surface area contributed by atoms with Crippen LogP contribution in [0.5, 0.6) is 0 Å². The molecule has 0 fully saturated rings. The highest BCUT2D eigenvalue weighted by Gasteiger charge is 2.62. The second-order valence-electron chi connectivity index (χ2n) is 16.2. The van der Waals surface area contributed by atoms with Gasteiger partial charge >= 0.3 is 0 Å². The average molecular weight is 753 g/mol. The molecule has 5 aliphatic carbocycles. The molecule has 5 aliphatic rings. The van der Waals surface area contributed by atoms with Gasteiger partial charge in [0.05, 0.1) is 10.4 Å². The summed E-state index contributed by atoms with van der Waals surface area (Å²) in [7, 11) is 0. The number of allylic oxidation sites excluding steroid dienone is 3. The van der Waals surface area contributed by atoms with Crippen LogP contribution in [-0.4, -0.2) is 5.78 Å². The monoisotopic (exact) mass is 752 g/mol. The number of ketones is 1. The van der Waals surface area contributed by atoms with Crippen molar-refractivity contribution in [2.24, 2.45) is 0 Å². The fraction of sp³-hybridized carbons (Fsp3) is 0.0179. The highest BCUT2D eigenvalue weighted by Crippen LogP contribution is 2.76. The van der Waals surface area contributed by atoms with E-state index in [0.29, 0.717) is 0 Å². The molecule has 0 radical (unpaired) electrons. The summed E-state index contributed by atoms with van der Waals surface area (Å²) in [6, 6.07) is 63.2. The Labute approximate surface area is 339 Å². The number of rotatable bonds is 2. The van der Waals surface area contributed by atoms with E-state index < -0.39 is 5.41 Å². The lowest BCUT2D eigenvalue weighted by Gasteiger charge is -2.47. The lowest BCUT2D eigenvalue weighted by Crippen LogP contribution is -2.38. The number of halogens is 1. The molecule has 2 heteroatoms. The van der Waals surface area contributed by atoms with Gasteiger partial charge in [-0.15, -0.1) is 0 Å². The van der Waals surface area contributed by atoms with E-state index in [2.05, 4.69) is 164 Å². The van der Waals surface area contributed by atoms with Gasteiger partial charge in [0.15, 0.2) is 5.78 Å². The van der Waals surface area contributed by atoms with Crippen molar-refractivity contribution in [1.82, 2.24) is 0 Å². The summed E-state index contributed by atoms with van der Waals surface area (Å²) < 4.78 is 0. The third-order valence-electron chi connectivity index (χ3n) is 13.7. The van der Waals surface area contributed by atoms with E-state index in [9.17, 15) is 0 Å². The molecule has 0 aliphatic heterocycles. The molecular weight excluding hydrogens is 724 g/mol. The predicted octanol–water partition coefficient (Wildman–Crippen LogP) is 14.4. The second-order valence-corrected chi connectivity index (χ2v) is 16.5. The van der Waals surface area contributed by atoms with Crippen molar-refractivity contribution in [2.45, 2.75) is 5.41 Å². The first-order valence-corrected chi connectivity index (χ1v) is 20.4. The van der Waals surface area contributed by atoms with Gasteiger partial charge in [-0.05, 0) is 105 Å². The van der Waals surface area contributed by atoms with Crippen LogP contribution in [-0.2, 0) is 5.41 Å². The number of carbonyl (C=O) groups excluding carboxylic acids is 1. The molecule has 1 nitrogen and oxygen atoms in total. The Morgan fingerprint density at radius 2 is 0.931 bits per heavy atom. The SMILES string of the molecule is O=C1c2ccccc2-c2c1c1c3c(cccc3c2-c2ccccc2)-c2c3c(c4ccccc4c2-1)C1(C2=C(Cl)c4ccccc4C2=C1c1ccccc1)c1ccccc1-3. The summed E-state index contributed by atoms with van der Waals surface area (Å²) in [5.41, 5.74) is 22.1. The first-order chi connectivity index (χ1) is 28.7. The maximum absolute atomic E-state index is 15.1. The van der Waals surface area contributed by atoms with Crippen LogP contribution in [0.15, 0.2) is 181 Å². The minimum atomic E-state index is -0.626. The molecule has 266 valence electrons. The summed E-state index contributed by atoms with van der Waals surface area (Å²) in [5.74, 6) is 0.0994. The fourth-order valence-electron chi connectivity index (χ4n) is 11.8. The number of benzene rings is 9. The Morgan fingerprint density at radius 3 is 1.71 bits per heavy atom. The number of hydrogen-bond donors (Lipinski definition) is 0. The average Bonchev–Trinajstić information content (AvgIpc) is 3.96. The summed E-state index contributed by atoms with van der Waals surface area (Å²) >= 11 is 7.71. The highest BCUT2D eigenvalue weighted by atomic mass is 35.5. The van der Waals surface area contributed by atoms with Gasteiger partial charge in [0.1, 0.15) is 0 Å². The molecule has 0 saturated heterocycles. The van der Waals surface area contributed by atoms with Crippen LogP contribution < -0.4 is 0 Å². The molecule has 58 heavy (non-hydrogen) atoms. The minimum absolute atomic E-state index is 0.0994. The molecule has 0 aromatic heterocycles. The number of hydrogen-bond acceptors (Lipinski definition) is 1. The normalized spacial score (nSPS) is 17.0. The van der Waals surface area contributed by atoms with E-state index in [0.717, 1.165) is 65.9 Å². The first kappa shape index (κ1) is 31.1. The van der Waals surface area contributed by atoms with Crippen molar-refractivity contribution in [3.63, 3.8) is 0 Å². The lowest BCUT2D eigenvalue weighted by molar-refractivity contribution is 0.104. The summed E-state index contributed by atoms with van der Waals surface area (Å²) in [6.07, 6.45) is 0. The van der Waals surface area contributed by atoms with Crippen LogP contribution in [0.25, 0.3) is 93.4 Å². The van der Waals surface area contributed by atoms with Crippen LogP contribution in [0.3, 0.4) is 0 Å². The number of carbonyl (C=O) groups is 1. The van der Waals surface area contributed by atoms with Crippen molar-refractivity contribution in [1.29, 1.82) is 0 Å². The highest BCUT2D eigenvalue weighted by molar-refractivity contribution is 6.54. The summed E-state index contributed by atoms with van der Waals surface area (Å²) in [5, 5.41) is 5.51. The zero-order valence-electron chi connectivity index (χ0n) is 31.0. The van der Waals surface area contributed by atoms with E-state index in [4.69, 9.17) is 11.6 Å². The topological polar surface area (TPSA) is 17.1 Å². The molecule has 1 unspecified atom stereocenters. The van der Waals surface area contributed by atoms with Gasteiger partial charge in [0.2, 0.25) is 0 Å². The van der Waals surface area contributed by atoms with E-state index in [1.807, 2.05) is 12.1 Å². The van der Waals surface area contributed by atoms with Crippen LogP contribution in [0.1, 0.15) is 43.7 Å². The van der Waals surface area contributed by atoms with E-state index in [1.54, 1.807) is 0 Å². The van der Waals surface area contributed by atoms with Gasteiger partial charge in [-0.1, -0.05) is 188 Å². The van der Waals surface area contributed by atoms with Gasteiger partial charge in [0.25, 0.3) is 0 Å². The molecule has 0 bridgehead atoms. The first-order valence-electron chi connectivity index (χ1n) is 20.0. The van der Waals surface area contributed by atoms with Crippen molar-refractivity contribution in [3.8, 4) is 55.6 Å². The predicted molar refractivity (Wildman–Crippen MR) is 239 cm³/mol. The minimum Gasteiger partial charge on any atom is -0.289 e. The van der Waals surface area contributed by atoms with Crippen molar-refractivity contribution >= 4 is 55.1 Å². The second kappa shape index (κ2) is 10.7. The van der Waals surface area contributed by atoms with Gasteiger partial charge in [-0.3, -0.25) is 4.79 Å². The zero-order chi connectivity index (χ0) is 38.0. The Kier molecular flexibility index (Phi) is 5.71. The Balaban J connectivity index is 1.21. The molecule has 1 atom stereocenters.